The molecule has 0 spiro atoms. The summed E-state index contributed by atoms with van der Waals surface area (Å²) in [4.78, 5) is 11.7. The van der Waals surface area contributed by atoms with E-state index in [-0.39, 0.29) is 5.78 Å². The van der Waals surface area contributed by atoms with Gasteiger partial charge in [-0.3, -0.25) is 4.79 Å². The Bertz CT molecular complexity index is 419. The van der Waals surface area contributed by atoms with Gasteiger partial charge in [0.2, 0.25) is 0 Å². The van der Waals surface area contributed by atoms with Gasteiger partial charge >= 0.3 is 0 Å². The van der Waals surface area contributed by atoms with E-state index < -0.39 is 0 Å². The first-order valence-corrected chi connectivity index (χ1v) is 5.44. The normalized spacial score (nSPS) is 14.2. The summed E-state index contributed by atoms with van der Waals surface area (Å²) in [5.41, 5.74) is 4.30. The van der Waals surface area contributed by atoms with Crippen LogP contribution in [0.1, 0.15) is 40.4 Å². The van der Waals surface area contributed by atoms with E-state index >= 15 is 0 Å². The Balaban J connectivity index is 2.61. The Morgan fingerprint density at radius 2 is 2.07 bits per heavy atom. The van der Waals surface area contributed by atoms with E-state index in [0.29, 0.717) is 13.0 Å². The smallest absolute Gasteiger partial charge is 0.163 e. The molecule has 0 saturated heterocycles. The molecule has 0 amide bonds. The molecule has 1 aromatic carbocycles. The van der Waals surface area contributed by atoms with E-state index in [9.17, 15) is 4.79 Å². The number of carbonyl (C=O) groups is 1. The van der Waals surface area contributed by atoms with Crippen LogP contribution in [0.4, 0.5) is 0 Å². The molecule has 1 aliphatic carbocycles. The molecule has 0 radical (unpaired) electrons. The second kappa shape index (κ2) is 3.69. The van der Waals surface area contributed by atoms with Gasteiger partial charge in [-0.1, -0.05) is 0 Å². The SMILES string of the molecule is CCOc1cc(C)c(C)c2c1CCC2=O. The molecule has 0 aliphatic heterocycles. The first-order chi connectivity index (χ1) is 7.15. The lowest BCUT2D eigenvalue weighted by molar-refractivity contribution is 0.0994. The highest BCUT2D eigenvalue weighted by atomic mass is 16.5. The van der Waals surface area contributed by atoms with Crippen LogP contribution in [0.2, 0.25) is 0 Å². The third-order valence-corrected chi connectivity index (χ3v) is 3.09. The number of aryl methyl sites for hydroxylation is 1. The number of ether oxygens (including phenoxy) is 1. The summed E-state index contributed by atoms with van der Waals surface area (Å²) in [6.45, 7) is 6.68. The second-order valence-electron chi connectivity index (χ2n) is 4.03. The van der Waals surface area contributed by atoms with Crippen molar-refractivity contribution in [3.63, 3.8) is 0 Å². The van der Waals surface area contributed by atoms with Gasteiger partial charge in [0, 0.05) is 17.5 Å². The van der Waals surface area contributed by atoms with Crippen molar-refractivity contribution in [2.24, 2.45) is 0 Å². The largest absolute Gasteiger partial charge is 0.494 e. The fraction of sp³-hybridized carbons (Fsp3) is 0.462. The van der Waals surface area contributed by atoms with Crippen LogP contribution < -0.4 is 4.74 Å². The van der Waals surface area contributed by atoms with Crippen LogP contribution in [0, 0.1) is 13.8 Å². The van der Waals surface area contributed by atoms with E-state index in [1.54, 1.807) is 0 Å². The Hall–Kier alpha value is -1.31. The predicted molar refractivity (Wildman–Crippen MR) is 59.7 cm³/mol. The predicted octanol–water partition coefficient (Wildman–Crippen LogP) is 2.83. The third kappa shape index (κ3) is 1.54. The summed E-state index contributed by atoms with van der Waals surface area (Å²) in [5, 5.41) is 0. The Kier molecular flexibility index (Phi) is 2.51. The molecule has 2 heteroatoms. The highest BCUT2D eigenvalue weighted by molar-refractivity contribution is 6.02. The van der Waals surface area contributed by atoms with Crippen LogP contribution in [-0.4, -0.2) is 12.4 Å². The fourth-order valence-electron chi connectivity index (χ4n) is 2.21. The fourth-order valence-corrected chi connectivity index (χ4v) is 2.21. The molecule has 1 aromatic rings. The molecule has 15 heavy (non-hydrogen) atoms. The number of ketones is 1. The molecule has 0 fully saturated rings. The Morgan fingerprint density at radius 3 is 2.73 bits per heavy atom. The summed E-state index contributed by atoms with van der Waals surface area (Å²) in [5.74, 6) is 1.17. The molecule has 1 aliphatic rings. The minimum atomic E-state index is 0.271. The number of hydrogen-bond donors (Lipinski definition) is 0. The van der Waals surface area contributed by atoms with Crippen molar-refractivity contribution in [2.45, 2.75) is 33.6 Å². The first kappa shape index (κ1) is 10.2. The number of rotatable bonds is 2. The highest BCUT2D eigenvalue weighted by Gasteiger charge is 2.26. The van der Waals surface area contributed by atoms with Crippen LogP contribution in [0.5, 0.6) is 5.75 Å². The van der Waals surface area contributed by atoms with Gasteiger partial charge in [0.15, 0.2) is 5.78 Å². The molecule has 2 rings (SSSR count). The molecule has 0 saturated carbocycles. The van der Waals surface area contributed by atoms with Crippen molar-refractivity contribution in [2.75, 3.05) is 6.61 Å². The molecular weight excluding hydrogens is 188 g/mol. The zero-order chi connectivity index (χ0) is 11.0. The van der Waals surface area contributed by atoms with Crippen molar-refractivity contribution in [1.29, 1.82) is 0 Å². The maximum atomic E-state index is 11.7. The molecule has 0 N–H and O–H groups in total. The number of carbonyl (C=O) groups excluding carboxylic acids is 1. The number of Topliss-reactive ketones (excluding diaryl/α,β-unsaturated/α-hetero) is 1. The third-order valence-electron chi connectivity index (χ3n) is 3.09. The standard InChI is InChI=1S/C13H16O2/c1-4-15-12-7-8(2)9(3)13-10(12)5-6-11(13)14/h7H,4-6H2,1-3H3. The summed E-state index contributed by atoms with van der Waals surface area (Å²) >= 11 is 0. The first-order valence-electron chi connectivity index (χ1n) is 5.44. The van der Waals surface area contributed by atoms with Gasteiger partial charge in [-0.05, 0) is 44.4 Å². The summed E-state index contributed by atoms with van der Waals surface area (Å²) in [7, 11) is 0. The van der Waals surface area contributed by atoms with Crippen LogP contribution in [0.25, 0.3) is 0 Å². The van der Waals surface area contributed by atoms with E-state index in [4.69, 9.17) is 4.74 Å². The topological polar surface area (TPSA) is 26.3 Å². The molecular formula is C13H16O2. The molecule has 0 heterocycles. The number of hydrogen-bond acceptors (Lipinski definition) is 2. The average Bonchev–Trinajstić information content (AvgIpc) is 2.57. The molecule has 0 atom stereocenters. The zero-order valence-corrected chi connectivity index (χ0v) is 9.52. The van der Waals surface area contributed by atoms with Crippen molar-refractivity contribution in [3.8, 4) is 5.75 Å². The molecule has 80 valence electrons. The van der Waals surface area contributed by atoms with Crippen LogP contribution in [0.3, 0.4) is 0 Å². The van der Waals surface area contributed by atoms with Gasteiger partial charge in [0.1, 0.15) is 5.75 Å². The second-order valence-corrected chi connectivity index (χ2v) is 4.03. The van der Waals surface area contributed by atoms with E-state index in [2.05, 4.69) is 6.07 Å². The molecule has 2 nitrogen and oxygen atoms in total. The molecule has 0 unspecified atom stereocenters. The van der Waals surface area contributed by atoms with Gasteiger partial charge in [-0.25, -0.2) is 0 Å². The lowest BCUT2D eigenvalue weighted by Gasteiger charge is -2.13. The lowest BCUT2D eigenvalue weighted by atomic mass is 9.98. The summed E-state index contributed by atoms with van der Waals surface area (Å²) in [6, 6.07) is 2.05. The van der Waals surface area contributed by atoms with Crippen molar-refractivity contribution >= 4 is 5.78 Å². The van der Waals surface area contributed by atoms with E-state index in [1.165, 1.54) is 0 Å². The molecule has 0 bridgehead atoms. The summed E-state index contributed by atoms with van der Waals surface area (Å²) < 4.78 is 5.58. The van der Waals surface area contributed by atoms with Gasteiger partial charge < -0.3 is 4.74 Å². The maximum absolute atomic E-state index is 11.7. The number of benzene rings is 1. The van der Waals surface area contributed by atoms with Crippen LogP contribution in [-0.2, 0) is 6.42 Å². The Morgan fingerprint density at radius 1 is 1.33 bits per heavy atom. The minimum absolute atomic E-state index is 0.271. The minimum Gasteiger partial charge on any atom is -0.494 e. The van der Waals surface area contributed by atoms with Gasteiger partial charge in [-0.15, -0.1) is 0 Å². The van der Waals surface area contributed by atoms with Gasteiger partial charge in [-0.2, -0.15) is 0 Å². The van der Waals surface area contributed by atoms with Gasteiger partial charge in [0.05, 0.1) is 6.61 Å². The highest BCUT2D eigenvalue weighted by Crippen LogP contribution is 2.34. The quantitative estimate of drug-likeness (QED) is 0.740. The summed E-state index contributed by atoms with van der Waals surface area (Å²) in [6.07, 6.45) is 1.48. The Labute approximate surface area is 90.3 Å². The average molecular weight is 204 g/mol. The van der Waals surface area contributed by atoms with E-state index in [1.807, 2.05) is 20.8 Å². The maximum Gasteiger partial charge on any atom is 0.163 e. The van der Waals surface area contributed by atoms with E-state index in [0.717, 1.165) is 34.4 Å². The van der Waals surface area contributed by atoms with Crippen LogP contribution in [0.15, 0.2) is 6.07 Å². The van der Waals surface area contributed by atoms with Crippen LogP contribution >= 0.6 is 0 Å². The van der Waals surface area contributed by atoms with Gasteiger partial charge in [0.25, 0.3) is 0 Å². The molecule has 0 aromatic heterocycles. The van der Waals surface area contributed by atoms with Crippen molar-refractivity contribution in [1.82, 2.24) is 0 Å². The zero-order valence-electron chi connectivity index (χ0n) is 9.52. The lowest BCUT2D eigenvalue weighted by Crippen LogP contribution is -2.02. The monoisotopic (exact) mass is 204 g/mol. The van der Waals surface area contributed by atoms with Crippen molar-refractivity contribution < 1.29 is 9.53 Å². The number of fused-ring (bicyclic) bond motifs is 1. The van der Waals surface area contributed by atoms with Crippen molar-refractivity contribution in [3.05, 3.63) is 28.3 Å².